The van der Waals surface area contributed by atoms with Gasteiger partial charge in [-0.15, -0.1) is 11.3 Å². The molecular weight excluding hydrogens is 166 g/mol. The summed E-state index contributed by atoms with van der Waals surface area (Å²) in [7, 11) is 0. The maximum Gasteiger partial charge on any atom is 0.0978 e. The first kappa shape index (κ1) is 8.05. The Labute approximate surface area is 69.8 Å². The maximum atomic E-state index is 5.86. The Bertz CT molecular complexity index is 224. The van der Waals surface area contributed by atoms with Gasteiger partial charge in [0, 0.05) is 11.1 Å². The van der Waals surface area contributed by atoms with Gasteiger partial charge in [0.25, 0.3) is 0 Å². The van der Waals surface area contributed by atoms with Crippen LogP contribution in [0.1, 0.15) is 19.4 Å². The zero-order valence-corrected chi connectivity index (χ0v) is 7.59. The SMILES string of the molecule is CC(C)(N)c1ccsc1Cl. The lowest BCUT2D eigenvalue weighted by Crippen LogP contribution is -2.28. The fraction of sp³-hybridized carbons (Fsp3) is 0.429. The van der Waals surface area contributed by atoms with Gasteiger partial charge in [0.15, 0.2) is 0 Å². The molecule has 1 rings (SSSR count). The topological polar surface area (TPSA) is 26.0 Å². The second-order valence-electron chi connectivity index (χ2n) is 2.83. The molecule has 0 aromatic carbocycles. The Balaban J connectivity index is 3.05. The van der Waals surface area contributed by atoms with Gasteiger partial charge >= 0.3 is 0 Å². The van der Waals surface area contributed by atoms with Crippen molar-refractivity contribution in [2.24, 2.45) is 5.73 Å². The van der Waals surface area contributed by atoms with Crippen molar-refractivity contribution in [2.75, 3.05) is 0 Å². The summed E-state index contributed by atoms with van der Waals surface area (Å²) < 4.78 is 0.799. The molecule has 3 heteroatoms. The predicted octanol–water partition coefficient (Wildman–Crippen LogP) is 2.60. The van der Waals surface area contributed by atoms with E-state index in [-0.39, 0.29) is 5.54 Å². The summed E-state index contributed by atoms with van der Waals surface area (Å²) in [5, 5.41) is 1.95. The molecule has 0 saturated carbocycles. The maximum absolute atomic E-state index is 5.86. The highest BCUT2D eigenvalue weighted by molar-refractivity contribution is 7.14. The molecule has 0 saturated heterocycles. The van der Waals surface area contributed by atoms with Crippen LogP contribution in [-0.2, 0) is 5.54 Å². The lowest BCUT2D eigenvalue weighted by Gasteiger charge is -2.17. The van der Waals surface area contributed by atoms with E-state index < -0.39 is 0 Å². The zero-order chi connectivity index (χ0) is 7.78. The lowest BCUT2D eigenvalue weighted by molar-refractivity contribution is 0.557. The van der Waals surface area contributed by atoms with Crippen LogP contribution in [0.2, 0.25) is 4.34 Å². The van der Waals surface area contributed by atoms with Gasteiger partial charge in [-0.25, -0.2) is 0 Å². The highest BCUT2D eigenvalue weighted by Crippen LogP contribution is 2.29. The minimum absolute atomic E-state index is 0.308. The average Bonchev–Trinajstić information content (AvgIpc) is 2.11. The van der Waals surface area contributed by atoms with Crippen LogP contribution in [0.4, 0.5) is 0 Å². The Morgan fingerprint density at radius 2 is 2.20 bits per heavy atom. The van der Waals surface area contributed by atoms with E-state index in [1.807, 2.05) is 25.3 Å². The third-order valence-electron chi connectivity index (χ3n) is 1.31. The highest BCUT2D eigenvalue weighted by atomic mass is 35.5. The van der Waals surface area contributed by atoms with Crippen LogP contribution >= 0.6 is 22.9 Å². The molecular formula is C7H10ClNS. The molecule has 1 aromatic rings. The molecule has 56 valence electrons. The van der Waals surface area contributed by atoms with Gasteiger partial charge in [-0.2, -0.15) is 0 Å². The largest absolute Gasteiger partial charge is 0.322 e. The Morgan fingerprint density at radius 1 is 1.60 bits per heavy atom. The minimum Gasteiger partial charge on any atom is -0.322 e. The quantitative estimate of drug-likeness (QED) is 0.698. The monoisotopic (exact) mass is 175 g/mol. The summed E-state index contributed by atoms with van der Waals surface area (Å²) in [4.78, 5) is 0. The second-order valence-corrected chi connectivity index (χ2v) is 4.35. The van der Waals surface area contributed by atoms with E-state index >= 15 is 0 Å². The van der Waals surface area contributed by atoms with Crippen LogP contribution in [0, 0.1) is 0 Å². The molecule has 0 fully saturated rings. The Hall–Kier alpha value is -0.0500. The Morgan fingerprint density at radius 3 is 2.40 bits per heavy atom. The molecule has 2 N–H and O–H groups in total. The van der Waals surface area contributed by atoms with Crippen LogP contribution < -0.4 is 5.73 Å². The van der Waals surface area contributed by atoms with E-state index in [9.17, 15) is 0 Å². The summed E-state index contributed by atoms with van der Waals surface area (Å²) in [5.41, 5.74) is 6.54. The molecule has 0 spiro atoms. The average molecular weight is 176 g/mol. The summed E-state index contributed by atoms with van der Waals surface area (Å²) in [6.07, 6.45) is 0. The van der Waals surface area contributed by atoms with E-state index in [4.69, 9.17) is 17.3 Å². The van der Waals surface area contributed by atoms with Crippen molar-refractivity contribution in [3.8, 4) is 0 Å². The zero-order valence-electron chi connectivity index (χ0n) is 6.02. The van der Waals surface area contributed by atoms with Crippen molar-refractivity contribution < 1.29 is 0 Å². The number of hydrogen-bond donors (Lipinski definition) is 1. The molecule has 0 radical (unpaired) electrons. The number of nitrogens with two attached hydrogens (primary N) is 1. The van der Waals surface area contributed by atoms with Crippen LogP contribution in [0.5, 0.6) is 0 Å². The fourth-order valence-electron chi connectivity index (χ4n) is 0.759. The predicted molar refractivity (Wildman–Crippen MR) is 46.5 cm³/mol. The number of thiophene rings is 1. The molecule has 0 amide bonds. The molecule has 0 aliphatic heterocycles. The highest BCUT2D eigenvalue weighted by Gasteiger charge is 2.17. The van der Waals surface area contributed by atoms with E-state index in [0.717, 1.165) is 9.90 Å². The first-order chi connectivity index (χ1) is 4.52. The summed E-state index contributed by atoms with van der Waals surface area (Å²) in [6, 6.07) is 1.97. The van der Waals surface area contributed by atoms with Crippen LogP contribution in [0.3, 0.4) is 0 Å². The third kappa shape index (κ3) is 1.51. The van der Waals surface area contributed by atoms with Gasteiger partial charge in [-0.05, 0) is 25.3 Å². The first-order valence-electron chi connectivity index (χ1n) is 3.04. The number of rotatable bonds is 1. The molecule has 0 bridgehead atoms. The standard InChI is InChI=1S/C7H10ClNS/c1-7(2,9)5-3-4-10-6(5)8/h3-4H,9H2,1-2H3. The van der Waals surface area contributed by atoms with E-state index in [2.05, 4.69) is 0 Å². The van der Waals surface area contributed by atoms with Crippen molar-refractivity contribution >= 4 is 22.9 Å². The molecule has 1 nitrogen and oxygen atoms in total. The molecule has 0 unspecified atom stereocenters. The second kappa shape index (κ2) is 2.53. The summed E-state index contributed by atoms with van der Waals surface area (Å²) >= 11 is 7.38. The summed E-state index contributed by atoms with van der Waals surface area (Å²) in [6.45, 7) is 3.89. The minimum atomic E-state index is -0.308. The van der Waals surface area contributed by atoms with Gasteiger partial charge in [0.2, 0.25) is 0 Å². The molecule has 1 heterocycles. The molecule has 1 aromatic heterocycles. The van der Waals surface area contributed by atoms with E-state index in [1.165, 1.54) is 11.3 Å². The molecule has 0 atom stereocenters. The summed E-state index contributed by atoms with van der Waals surface area (Å²) in [5.74, 6) is 0. The van der Waals surface area contributed by atoms with Gasteiger partial charge in [-0.1, -0.05) is 11.6 Å². The van der Waals surface area contributed by atoms with Crippen LogP contribution in [0.15, 0.2) is 11.4 Å². The lowest BCUT2D eigenvalue weighted by atomic mass is 9.99. The third-order valence-corrected chi connectivity index (χ3v) is 2.48. The van der Waals surface area contributed by atoms with Gasteiger partial charge in [0.1, 0.15) is 0 Å². The number of halogens is 1. The smallest absolute Gasteiger partial charge is 0.0978 e. The number of hydrogen-bond acceptors (Lipinski definition) is 2. The van der Waals surface area contributed by atoms with Gasteiger partial charge in [-0.3, -0.25) is 0 Å². The normalized spacial score (nSPS) is 12.0. The van der Waals surface area contributed by atoms with E-state index in [0.29, 0.717) is 0 Å². The molecule has 10 heavy (non-hydrogen) atoms. The van der Waals surface area contributed by atoms with Crippen molar-refractivity contribution in [3.05, 3.63) is 21.3 Å². The van der Waals surface area contributed by atoms with Crippen LogP contribution in [-0.4, -0.2) is 0 Å². The molecule has 0 aliphatic carbocycles. The van der Waals surface area contributed by atoms with Crippen molar-refractivity contribution in [2.45, 2.75) is 19.4 Å². The fourth-order valence-corrected chi connectivity index (χ4v) is 2.00. The Kier molecular flexibility index (Phi) is 2.04. The van der Waals surface area contributed by atoms with E-state index in [1.54, 1.807) is 0 Å². The van der Waals surface area contributed by atoms with Crippen LogP contribution in [0.25, 0.3) is 0 Å². The van der Waals surface area contributed by atoms with Crippen molar-refractivity contribution in [1.29, 1.82) is 0 Å². The first-order valence-corrected chi connectivity index (χ1v) is 4.30. The van der Waals surface area contributed by atoms with Gasteiger partial charge in [0.05, 0.1) is 4.34 Å². The van der Waals surface area contributed by atoms with Crippen molar-refractivity contribution in [1.82, 2.24) is 0 Å². The van der Waals surface area contributed by atoms with Crippen molar-refractivity contribution in [3.63, 3.8) is 0 Å². The molecule has 0 aliphatic rings. The van der Waals surface area contributed by atoms with Gasteiger partial charge < -0.3 is 5.73 Å².